The molecule has 0 aromatic heterocycles. The summed E-state index contributed by atoms with van der Waals surface area (Å²) in [6.45, 7) is 6.71. The Bertz CT molecular complexity index is 566. The molecule has 0 aliphatic carbocycles. The minimum Gasteiger partial charge on any atom is -0.494 e. The molecule has 138 valence electrons. The molecule has 1 rings (SSSR count). The average Bonchev–Trinajstić information content (AvgIpc) is 2.61. The Kier molecular flexibility index (Phi) is 9.82. The normalized spacial score (nSPS) is 10.9. The second-order valence-corrected chi connectivity index (χ2v) is 5.22. The molecule has 0 aliphatic heterocycles. The second-order valence-electron chi connectivity index (χ2n) is 5.22. The van der Waals surface area contributed by atoms with Gasteiger partial charge in [0.2, 0.25) is 0 Å². The molecule has 0 radical (unpaired) electrons. The summed E-state index contributed by atoms with van der Waals surface area (Å²) < 4.78 is 15.4. The predicted molar refractivity (Wildman–Crippen MR) is 96.4 cm³/mol. The molecule has 1 N–H and O–H groups in total. The molecular weight excluding hydrogens is 322 g/mol. The molecular formula is C19H27NO5. The number of esters is 2. The fourth-order valence-corrected chi connectivity index (χ4v) is 1.97. The van der Waals surface area contributed by atoms with Crippen molar-refractivity contribution in [3.63, 3.8) is 0 Å². The van der Waals surface area contributed by atoms with Gasteiger partial charge in [-0.2, -0.15) is 0 Å². The van der Waals surface area contributed by atoms with Crippen molar-refractivity contribution in [2.75, 3.05) is 25.1 Å². The number of rotatable bonds is 11. The monoisotopic (exact) mass is 349 g/mol. The van der Waals surface area contributed by atoms with Crippen molar-refractivity contribution in [1.29, 1.82) is 0 Å². The Hall–Kier alpha value is -2.50. The van der Waals surface area contributed by atoms with Crippen molar-refractivity contribution in [1.82, 2.24) is 0 Å². The zero-order chi connectivity index (χ0) is 18.5. The largest absolute Gasteiger partial charge is 0.494 e. The fourth-order valence-electron chi connectivity index (χ4n) is 1.97. The van der Waals surface area contributed by atoms with Gasteiger partial charge in [-0.25, -0.2) is 9.59 Å². The lowest BCUT2D eigenvalue weighted by Gasteiger charge is -2.09. The van der Waals surface area contributed by atoms with Crippen molar-refractivity contribution in [2.24, 2.45) is 0 Å². The maximum atomic E-state index is 12.1. The van der Waals surface area contributed by atoms with E-state index >= 15 is 0 Å². The summed E-state index contributed by atoms with van der Waals surface area (Å²) in [5.41, 5.74) is 0.552. The Labute approximate surface area is 149 Å². The summed E-state index contributed by atoms with van der Waals surface area (Å²) in [7, 11) is 0. The topological polar surface area (TPSA) is 73.9 Å². The van der Waals surface area contributed by atoms with Crippen LogP contribution in [-0.2, 0) is 19.1 Å². The van der Waals surface area contributed by atoms with Gasteiger partial charge in [0.05, 0.1) is 19.8 Å². The van der Waals surface area contributed by atoms with Crippen LogP contribution in [0.2, 0.25) is 0 Å². The van der Waals surface area contributed by atoms with Gasteiger partial charge in [0.25, 0.3) is 0 Å². The molecule has 6 heteroatoms. The number of hydrogen-bond donors (Lipinski definition) is 1. The summed E-state index contributed by atoms with van der Waals surface area (Å²) in [6, 6.07) is 7.17. The van der Waals surface area contributed by atoms with E-state index < -0.39 is 11.9 Å². The van der Waals surface area contributed by atoms with E-state index in [4.69, 9.17) is 14.2 Å². The van der Waals surface area contributed by atoms with Gasteiger partial charge in [0.15, 0.2) is 5.57 Å². The summed E-state index contributed by atoms with van der Waals surface area (Å²) in [5, 5.41) is 2.92. The van der Waals surface area contributed by atoms with Crippen LogP contribution in [0.25, 0.3) is 0 Å². The highest BCUT2D eigenvalue weighted by molar-refractivity contribution is 6.14. The highest BCUT2D eigenvalue weighted by Gasteiger charge is 2.21. The lowest BCUT2D eigenvalue weighted by atomic mass is 10.2. The van der Waals surface area contributed by atoms with Crippen LogP contribution in [0.1, 0.15) is 40.0 Å². The molecule has 0 saturated carbocycles. The molecule has 0 spiro atoms. The standard InChI is InChI=1S/C19H27NO5/c1-4-7-8-13-25-19(22)17(18(21)24-6-3)14-20-15-9-11-16(12-10-15)23-5-2/h9-12,14,20H,4-8,13H2,1-3H3/b17-14-. The third kappa shape index (κ3) is 7.74. The van der Waals surface area contributed by atoms with E-state index in [1.54, 1.807) is 31.2 Å². The Balaban J connectivity index is 2.75. The molecule has 25 heavy (non-hydrogen) atoms. The second kappa shape index (κ2) is 11.9. The Morgan fingerprint density at radius 2 is 1.64 bits per heavy atom. The number of benzene rings is 1. The van der Waals surface area contributed by atoms with Crippen LogP contribution >= 0.6 is 0 Å². The van der Waals surface area contributed by atoms with Crippen LogP contribution in [0.4, 0.5) is 5.69 Å². The van der Waals surface area contributed by atoms with E-state index in [-0.39, 0.29) is 18.8 Å². The van der Waals surface area contributed by atoms with Crippen LogP contribution in [0, 0.1) is 0 Å². The fraction of sp³-hybridized carbons (Fsp3) is 0.474. The predicted octanol–water partition coefficient (Wildman–Crippen LogP) is 3.68. The minimum atomic E-state index is -0.707. The third-order valence-electron chi connectivity index (χ3n) is 3.24. The summed E-state index contributed by atoms with van der Waals surface area (Å²) in [6.07, 6.45) is 4.08. The first-order valence-electron chi connectivity index (χ1n) is 8.66. The van der Waals surface area contributed by atoms with Gasteiger partial charge < -0.3 is 19.5 Å². The number of carbonyl (C=O) groups is 2. The number of unbranched alkanes of at least 4 members (excludes halogenated alkanes) is 2. The first-order valence-corrected chi connectivity index (χ1v) is 8.66. The molecule has 0 atom stereocenters. The molecule has 0 heterocycles. The van der Waals surface area contributed by atoms with Crippen molar-refractivity contribution < 1.29 is 23.8 Å². The molecule has 0 bridgehead atoms. The van der Waals surface area contributed by atoms with Crippen molar-refractivity contribution in [2.45, 2.75) is 40.0 Å². The first-order chi connectivity index (χ1) is 12.1. The highest BCUT2D eigenvalue weighted by atomic mass is 16.6. The van der Waals surface area contributed by atoms with E-state index in [2.05, 4.69) is 12.2 Å². The maximum Gasteiger partial charge on any atom is 0.347 e. The molecule has 6 nitrogen and oxygen atoms in total. The lowest BCUT2D eigenvalue weighted by Crippen LogP contribution is -2.20. The average molecular weight is 349 g/mol. The number of hydrogen-bond acceptors (Lipinski definition) is 6. The molecule has 0 saturated heterocycles. The number of anilines is 1. The van der Waals surface area contributed by atoms with Crippen LogP contribution in [0.3, 0.4) is 0 Å². The van der Waals surface area contributed by atoms with Gasteiger partial charge in [-0.1, -0.05) is 19.8 Å². The zero-order valence-corrected chi connectivity index (χ0v) is 15.2. The molecule has 0 amide bonds. The Morgan fingerprint density at radius 3 is 2.24 bits per heavy atom. The van der Waals surface area contributed by atoms with Gasteiger partial charge in [0, 0.05) is 11.9 Å². The van der Waals surface area contributed by atoms with Crippen LogP contribution in [-0.4, -0.2) is 31.8 Å². The zero-order valence-electron chi connectivity index (χ0n) is 15.2. The van der Waals surface area contributed by atoms with Crippen LogP contribution in [0.15, 0.2) is 36.0 Å². The van der Waals surface area contributed by atoms with E-state index in [1.807, 2.05) is 6.92 Å². The molecule has 1 aromatic rings. The Morgan fingerprint density at radius 1 is 0.960 bits per heavy atom. The van der Waals surface area contributed by atoms with Gasteiger partial charge in [0.1, 0.15) is 5.75 Å². The molecule has 0 aliphatic rings. The van der Waals surface area contributed by atoms with Gasteiger partial charge in [-0.15, -0.1) is 0 Å². The van der Waals surface area contributed by atoms with Crippen LogP contribution in [0.5, 0.6) is 5.75 Å². The van der Waals surface area contributed by atoms with Crippen LogP contribution < -0.4 is 10.1 Å². The molecule has 0 fully saturated rings. The van der Waals surface area contributed by atoms with Crippen molar-refractivity contribution >= 4 is 17.6 Å². The highest BCUT2D eigenvalue weighted by Crippen LogP contribution is 2.16. The summed E-state index contributed by atoms with van der Waals surface area (Å²) in [4.78, 5) is 24.1. The van der Waals surface area contributed by atoms with Crippen molar-refractivity contribution in [3.8, 4) is 5.75 Å². The molecule has 1 aromatic carbocycles. The minimum absolute atomic E-state index is 0.160. The quantitative estimate of drug-likeness (QED) is 0.216. The summed E-state index contributed by atoms with van der Waals surface area (Å²) >= 11 is 0. The van der Waals surface area contributed by atoms with E-state index in [0.29, 0.717) is 12.3 Å². The first kappa shape index (κ1) is 20.5. The number of carbonyl (C=O) groups excluding carboxylic acids is 2. The molecule has 0 unspecified atom stereocenters. The number of ether oxygens (including phenoxy) is 3. The van der Waals surface area contributed by atoms with E-state index in [1.165, 1.54) is 6.20 Å². The smallest absolute Gasteiger partial charge is 0.347 e. The van der Waals surface area contributed by atoms with Crippen molar-refractivity contribution in [3.05, 3.63) is 36.0 Å². The number of nitrogens with one attached hydrogen (secondary N) is 1. The van der Waals surface area contributed by atoms with Gasteiger partial charge in [-0.05, 0) is 44.5 Å². The maximum absolute atomic E-state index is 12.1. The van der Waals surface area contributed by atoms with E-state index in [9.17, 15) is 9.59 Å². The van der Waals surface area contributed by atoms with Gasteiger partial charge in [-0.3, -0.25) is 0 Å². The third-order valence-corrected chi connectivity index (χ3v) is 3.24. The summed E-state index contributed by atoms with van der Waals surface area (Å²) in [5.74, 6) is -0.646. The van der Waals surface area contributed by atoms with E-state index in [0.717, 1.165) is 25.0 Å². The van der Waals surface area contributed by atoms with Gasteiger partial charge >= 0.3 is 11.9 Å². The lowest BCUT2D eigenvalue weighted by molar-refractivity contribution is -0.146. The SMILES string of the molecule is CCCCCOC(=O)/C(=C\Nc1ccc(OCC)cc1)C(=O)OCC.